The number of aliphatic hydroxyl groups excluding tert-OH is 1. The van der Waals surface area contributed by atoms with Gasteiger partial charge >= 0.3 is 0 Å². The molecule has 1 unspecified atom stereocenters. The van der Waals surface area contributed by atoms with Gasteiger partial charge in [0, 0.05) is 31.1 Å². The minimum Gasteiger partial charge on any atom is -0.512 e. The average molecular weight is 425 g/mol. The largest absolute Gasteiger partial charge is 0.512 e. The molecule has 3 nitrogen and oxygen atoms in total. The van der Waals surface area contributed by atoms with Gasteiger partial charge in [-0.15, -0.1) is 0 Å². The molecule has 30 heavy (non-hydrogen) atoms. The van der Waals surface area contributed by atoms with Crippen LogP contribution in [0.25, 0.3) is 16.7 Å². The van der Waals surface area contributed by atoms with Gasteiger partial charge in [0.05, 0.1) is 5.57 Å². The van der Waals surface area contributed by atoms with E-state index in [2.05, 4.69) is 19.1 Å². The smallest absolute Gasteiger partial charge is 0.167 e. The average Bonchev–Trinajstić information content (AvgIpc) is 2.74. The molecule has 1 heterocycles. The summed E-state index contributed by atoms with van der Waals surface area (Å²) in [4.78, 5) is 13.2. The van der Waals surface area contributed by atoms with Crippen LogP contribution in [0.2, 0.25) is 5.02 Å². The summed E-state index contributed by atoms with van der Waals surface area (Å²) in [7, 11) is 0. The van der Waals surface area contributed by atoms with Crippen LogP contribution in [-0.2, 0) is 16.0 Å². The van der Waals surface area contributed by atoms with Crippen molar-refractivity contribution < 1.29 is 14.6 Å². The Labute approximate surface area is 183 Å². The van der Waals surface area contributed by atoms with E-state index < -0.39 is 0 Å². The van der Waals surface area contributed by atoms with Gasteiger partial charge in [0.2, 0.25) is 0 Å². The molecule has 1 aliphatic heterocycles. The van der Waals surface area contributed by atoms with Gasteiger partial charge in [0.1, 0.15) is 5.76 Å². The Morgan fingerprint density at radius 3 is 2.37 bits per heavy atom. The van der Waals surface area contributed by atoms with E-state index in [1.165, 1.54) is 0 Å². The van der Waals surface area contributed by atoms with Crippen molar-refractivity contribution in [2.45, 2.75) is 45.4 Å². The minimum atomic E-state index is 0.0683. The molecule has 0 amide bonds. The summed E-state index contributed by atoms with van der Waals surface area (Å²) in [5.74, 6) is 1.16. The van der Waals surface area contributed by atoms with Crippen molar-refractivity contribution in [2.24, 2.45) is 11.8 Å². The highest BCUT2D eigenvalue weighted by atomic mass is 35.5. The highest BCUT2D eigenvalue weighted by Crippen LogP contribution is 2.38. The van der Waals surface area contributed by atoms with Crippen LogP contribution in [0.4, 0.5) is 0 Å². The topological polar surface area (TPSA) is 46.5 Å². The van der Waals surface area contributed by atoms with Gasteiger partial charge in [0.15, 0.2) is 5.78 Å². The Kier molecular flexibility index (Phi) is 6.60. The number of benzene rings is 2. The van der Waals surface area contributed by atoms with E-state index in [1.807, 2.05) is 30.3 Å². The molecule has 2 aromatic carbocycles. The highest BCUT2D eigenvalue weighted by molar-refractivity contribution is 6.30. The number of aliphatic hydroxyl groups is 1. The van der Waals surface area contributed by atoms with Crippen molar-refractivity contribution in [1.82, 2.24) is 0 Å². The lowest BCUT2D eigenvalue weighted by Crippen LogP contribution is -2.24. The number of Topliss-reactive ketones (excluding diaryl/α,β-unsaturated/α-hetero) is 1. The summed E-state index contributed by atoms with van der Waals surface area (Å²) in [6, 6.07) is 13.9. The molecule has 0 saturated carbocycles. The van der Waals surface area contributed by atoms with Crippen molar-refractivity contribution in [1.29, 1.82) is 0 Å². The maximum Gasteiger partial charge on any atom is 0.167 e. The minimum absolute atomic E-state index is 0.0683. The summed E-state index contributed by atoms with van der Waals surface area (Å²) >= 11 is 6.03. The number of carbonyl (C=O) groups excluding carboxylic acids is 1. The second-order valence-electron chi connectivity index (χ2n) is 8.54. The van der Waals surface area contributed by atoms with Crippen LogP contribution in [0.3, 0.4) is 0 Å². The zero-order valence-electron chi connectivity index (χ0n) is 17.5. The van der Waals surface area contributed by atoms with E-state index in [-0.39, 0.29) is 17.5 Å². The summed E-state index contributed by atoms with van der Waals surface area (Å²) in [6.07, 6.45) is 5.04. The zero-order chi connectivity index (χ0) is 21.1. The number of ether oxygens (including phenoxy) is 1. The van der Waals surface area contributed by atoms with Crippen LogP contribution >= 0.6 is 11.6 Å². The maximum atomic E-state index is 13.2. The number of rotatable bonds is 5. The normalized spacial score (nSPS) is 20.6. The summed E-state index contributed by atoms with van der Waals surface area (Å²) < 4.78 is 5.45. The third kappa shape index (κ3) is 4.63. The Morgan fingerprint density at radius 2 is 1.70 bits per heavy atom. The lowest BCUT2D eigenvalue weighted by molar-refractivity contribution is -0.115. The second kappa shape index (κ2) is 9.36. The monoisotopic (exact) mass is 424 g/mol. The van der Waals surface area contributed by atoms with Gasteiger partial charge < -0.3 is 9.84 Å². The van der Waals surface area contributed by atoms with Crippen LogP contribution in [0.15, 0.2) is 48.2 Å². The molecule has 0 radical (unpaired) electrons. The molecular weight excluding hydrogens is 396 g/mol. The van der Waals surface area contributed by atoms with E-state index >= 15 is 0 Å². The van der Waals surface area contributed by atoms with E-state index in [4.69, 9.17) is 16.3 Å². The van der Waals surface area contributed by atoms with Gasteiger partial charge in [-0.2, -0.15) is 0 Å². The molecule has 4 heteroatoms. The van der Waals surface area contributed by atoms with E-state index in [1.54, 1.807) is 0 Å². The Bertz CT molecular complexity index is 939. The standard InChI is InChI=1S/C26H29ClO3/c1-2-19-3-4-21(20-5-7-22(27)8-6-20)16-23(19)26-24(28)14-18(15-25(26)29)13-17-9-11-30-12-10-17/h3-8,16-18,28H,2,9-15H2,1H3. The van der Waals surface area contributed by atoms with Gasteiger partial charge in [0.25, 0.3) is 0 Å². The van der Waals surface area contributed by atoms with Crippen LogP contribution < -0.4 is 0 Å². The fourth-order valence-electron chi connectivity index (χ4n) is 4.84. The molecule has 1 atom stereocenters. The zero-order valence-corrected chi connectivity index (χ0v) is 18.3. The van der Waals surface area contributed by atoms with Crippen molar-refractivity contribution in [3.8, 4) is 11.1 Å². The lowest BCUT2D eigenvalue weighted by Gasteiger charge is -2.29. The fraction of sp³-hybridized carbons (Fsp3) is 0.423. The number of hydrogen-bond acceptors (Lipinski definition) is 3. The molecule has 2 aliphatic rings. The van der Waals surface area contributed by atoms with Gasteiger partial charge in [-0.3, -0.25) is 4.79 Å². The first kappa shape index (κ1) is 21.1. The quantitative estimate of drug-likeness (QED) is 0.585. The van der Waals surface area contributed by atoms with E-state index in [0.29, 0.717) is 29.4 Å². The van der Waals surface area contributed by atoms with Crippen molar-refractivity contribution in [2.75, 3.05) is 13.2 Å². The summed E-state index contributed by atoms with van der Waals surface area (Å²) in [5, 5.41) is 11.6. The molecule has 1 N–H and O–H groups in total. The Morgan fingerprint density at radius 1 is 1.00 bits per heavy atom. The fourth-order valence-corrected chi connectivity index (χ4v) is 4.96. The SMILES string of the molecule is CCc1ccc(-c2ccc(Cl)cc2)cc1C1=C(O)CC(CC2CCOCC2)CC1=O. The molecule has 1 aliphatic carbocycles. The van der Waals surface area contributed by atoms with Crippen LogP contribution in [0.5, 0.6) is 0 Å². The molecule has 2 aromatic rings. The first-order valence-corrected chi connectivity index (χ1v) is 11.3. The van der Waals surface area contributed by atoms with Crippen LogP contribution in [-0.4, -0.2) is 24.1 Å². The van der Waals surface area contributed by atoms with Gasteiger partial charge in [-0.1, -0.05) is 42.8 Å². The molecule has 0 aromatic heterocycles. The number of aryl methyl sites for hydroxylation is 1. The molecule has 4 rings (SSSR count). The van der Waals surface area contributed by atoms with Gasteiger partial charge in [-0.25, -0.2) is 0 Å². The molecule has 0 bridgehead atoms. The molecular formula is C26H29ClO3. The molecule has 1 saturated heterocycles. The van der Waals surface area contributed by atoms with Crippen molar-refractivity contribution in [3.05, 3.63) is 64.4 Å². The van der Waals surface area contributed by atoms with Crippen molar-refractivity contribution in [3.63, 3.8) is 0 Å². The number of carbonyl (C=O) groups is 1. The Balaban J connectivity index is 1.62. The third-order valence-corrected chi connectivity index (χ3v) is 6.72. The highest BCUT2D eigenvalue weighted by Gasteiger charge is 2.31. The number of halogens is 1. The van der Waals surface area contributed by atoms with Gasteiger partial charge in [-0.05, 0) is 78.0 Å². The molecule has 158 valence electrons. The Hall–Kier alpha value is -2.10. The predicted molar refractivity (Wildman–Crippen MR) is 122 cm³/mol. The number of allylic oxidation sites excluding steroid dienone is 2. The maximum absolute atomic E-state index is 13.2. The van der Waals surface area contributed by atoms with Crippen molar-refractivity contribution >= 4 is 23.0 Å². The first-order chi connectivity index (χ1) is 14.5. The molecule has 0 spiro atoms. The first-order valence-electron chi connectivity index (χ1n) is 11.0. The van der Waals surface area contributed by atoms with Crippen LogP contribution in [0.1, 0.15) is 50.2 Å². The van der Waals surface area contributed by atoms with E-state index in [0.717, 1.165) is 61.2 Å². The number of hydrogen-bond donors (Lipinski definition) is 1. The third-order valence-electron chi connectivity index (χ3n) is 6.47. The summed E-state index contributed by atoms with van der Waals surface area (Å²) in [6.45, 7) is 3.71. The second-order valence-corrected chi connectivity index (χ2v) is 8.98. The van der Waals surface area contributed by atoms with Crippen LogP contribution in [0, 0.1) is 11.8 Å². The number of ketones is 1. The predicted octanol–water partition coefficient (Wildman–Crippen LogP) is 6.63. The summed E-state index contributed by atoms with van der Waals surface area (Å²) in [5.41, 5.74) is 4.55. The molecule has 1 fully saturated rings. The lowest BCUT2D eigenvalue weighted by atomic mass is 9.77. The van der Waals surface area contributed by atoms with E-state index in [9.17, 15) is 9.90 Å².